The maximum atomic E-state index is 12.4. The third-order valence-electron chi connectivity index (χ3n) is 3.18. The van der Waals surface area contributed by atoms with Gasteiger partial charge in [0.05, 0.1) is 12.0 Å². The summed E-state index contributed by atoms with van der Waals surface area (Å²) in [6.07, 6.45) is 0.0625. The van der Waals surface area contributed by atoms with E-state index in [1.165, 1.54) is 49.6 Å². The number of carbonyl (C=O) groups excluding carboxylic acids is 3. The van der Waals surface area contributed by atoms with Crippen molar-refractivity contribution in [2.75, 3.05) is 11.9 Å². The minimum absolute atomic E-state index is 0.00294. The summed E-state index contributed by atoms with van der Waals surface area (Å²) in [4.78, 5) is 35.4. The molecule has 0 aliphatic heterocycles. The van der Waals surface area contributed by atoms with E-state index in [0.717, 1.165) is 0 Å². The van der Waals surface area contributed by atoms with Gasteiger partial charge in [0.25, 0.3) is 11.8 Å². The average molecular weight is 382 g/mol. The Kier molecular flexibility index (Phi) is 6.86. The zero-order chi connectivity index (χ0) is 19.8. The highest BCUT2D eigenvalue weighted by Crippen LogP contribution is 2.25. The van der Waals surface area contributed by atoms with Gasteiger partial charge in [-0.05, 0) is 31.2 Å². The van der Waals surface area contributed by atoms with Crippen molar-refractivity contribution in [3.8, 4) is 5.75 Å². The summed E-state index contributed by atoms with van der Waals surface area (Å²) in [7, 11) is 0. The third kappa shape index (κ3) is 6.10. The van der Waals surface area contributed by atoms with Crippen LogP contribution in [0, 0.1) is 0 Å². The van der Waals surface area contributed by atoms with Crippen LogP contribution in [-0.4, -0.2) is 37.0 Å². The van der Waals surface area contributed by atoms with Gasteiger partial charge in [0, 0.05) is 0 Å². The van der Waals surface area contributed by atoms with E-state index >= 15 is 0 Å². The molecule has 10 heteroatoms. The minimum atomic E-state index is -3.06. The Morgan fingerprint density at radius 1 is 1.15 bits per heavy atom. The van der Waals surface area contributed by atoms with Crippen molar-refractivity contribution < 1.29 is 37.1 Å². The van der Waals surface area contributed by atoms with Crippen molar-refractivity contribution in [3.05, 3.63) is 48.4 Å². The van der Waals surface area contributed by atoms with Crippen LogP contribution in [0.1, 0.15) is 17.5 Å². The van der Waals surface area contributed by atoms with Gasteiger partial charge in [0.15, 0.2) is 11.9 Å². The van der Waals surface area contributed by atoms with Crippen LogP contribution in [0.4, 0.5) is 14.5 Å². The number of nitrogens with one attached hydrogen (secondary N) is 2. The lowest BCUT2D eigenvalue weighted by Crippen LogP contribution is -2.35. The molecular formula is C17H16F2N2O6. The van der Waals surface area contributed by atoms with Crippen molar-refractivity contribution in [2.45, 2.75) is 19.6 Å². The van der Waals surface area contributed by atoms with Crippen LogP contribution in [0.3, 0.4) is 0 Å². The first-order chi connectivity index (χ1) is 12.9. The molecule has 2 amide bonds. The summed E-state index contributed by atoms with van der Waals surface area (Å²) in [6.45, 7) is -2.25. The van der Waals surface area contributed by atoms with Gasteiger partial charge in [-0.2, -0.15) is 8.78 Å². The number of anilines is 1. The number of carbonyl (C=O) groups is 3. The molecule has 144 valence electrons. The number of para-hydroxylation sites is 2. The smallest absolute Gasteiger partial charge is 0.387 e. The maximum Gasteiger partial charge on any atom is 0.387 e. The predicted octanol–water partition coefficient (Wildman–Crippen LogP) is 2.18. The second kappa shape index (κ2) is 9.32. The number of hydrogen-bond acceptors (Lipinski definition) is 6. The van der Waals surface area contributed by atoms with Crippen molar-refractivity contribution in [1.29, 1.82) is 0 Å². The fourth-order valence-corrected chi connectivity index (χ4v) is 1.94. The van der Waals surface area contributed by atoms with Crippen LogP contribution in [0.25, 0.3) is 0 Å². The normalized spacial score (nSPS) is 11.6. The first-order valence-electron chi connectivity index (χ1n) is 7.72. The number of benzene rings is 1. The first kappa shape index (κ1) is 19.9. The zero-order valence-electron chi connectivity index (χ0n) is 14.1. The lowest BCUT2D eigenvalue weighted by atomic mass is 10.2. The summed E-state index contributed by atoms with van der Waals surface area (Å²) in [6, 6.07) is 8.49. The fraction of sp³-hybridized carbons (Fsp3) is 0.235. The van der Waals surface area contributed by atoms with Crippen LogP contribution in [0.15, 0.2) is 47.1 Å². The molecule has 1 heterocycles. The highest BCUT2D eigenvalue weighted by Gasteiger charge is 2.20. The average Bonchev–Trinajstić information content (AvgIpc) is 3.15. The van der Waals surface area contributed by atoms with Crippen LogP contribution in [-0.2, 0) is 14.3 Å². The van der Waals surface area contributed by atoms with E-state index in [2.05, 4.69) is 15.4 Å². The molecule has 0 saturated carbocycles. The molecule has 0 saturated heterocycles. The number of furan rings is 1. The topological polar surface area (TPSA) is 107 Å². The van der Waals surface area contributed by atoms with E-state index in [9.17, 15) is 23.2 Å². The van der Waals surface area contributed by atoms with Crippen molar-refractivity contribution >= 4 is 23.5 Å². The number of alkyl halides is 2. The molecule has 0 radical (unpaired) electrons. The van der Waals surface area contributed by atoms with Gasteiger partial charge < -0.3 is 24.5 Å². The molecule has 2 aromatic rings. The van der Waals surface area contributed by atoms with E-state index in [0.29, 0.717) is 0 Å². The molecule has 0 spiro atoms. The Morgan fingerprint density at radius 3 is 2.56 bits per heavy atom. The Bertz CT molecular complexity index is 794. The number of ether oxygens (including phenoxy) is 2. The number of halogens is 2. The number of rotatable bonds is 8. The Hall–Kier alpha value is -3.43. The monoisotopic (exact) mass is 382 g/mol. The molecule has 2 N–H and O–H groups in total. The standard InChI is InChI=1S/C17H16F2N2O6/c1-10(26-14(22)9-20-16(24)13-7-4-8-25-13)15(23)21-11-5-2-3-6-12(11)27-17(18)19/h2-8,10,17H,9H2,1H3,(H,20,24)(H,21,23). The van der Waals surface area contributed by atoms with Crippen molar-refractivity contribution in [1.82, 2.24) is 5.32 Å². The highest BCUT2D eigenvalue weighted by molar-refractivity contribution is 5.97. The molecule has 0 aliphatic carbocycles. The number of hydrogen-bond donors (Lipinski definition) is 2. The Morgan fingerprint density at radius 2 is 1.89 bits per heavy atom. The van der Waals surface area contributed by atoms with Crippen LogP contribution in [0.2, 0.25) is 0 Å². The van der Waals surface area contributed by atoms with Crippen molar-refractivity contribution in [3.63, 3.8) is 0 Å². The van der Waals surface area contributed by atoms with E-state index in [1.54, 1.807) is 0 Å². The first-order valence-corrected chi connectivity index (χ1v) is 7.72. The molecule has 1 aromatic carbocycles. The summed E-state index contributed by atoms with van der Waals surface area (Å²) in [5.74, 6) is -2.46. The molecule has 27 heavy (non-hydrogen) atoms. The third-order valence-corrected chi connectivity index (χ3v) is 3.18. The van der Waals surface area contributed by atoms with Gasteiger partial charge in [-0.25, -0.2) is 0 Å². The van der Waals surface area contributed by atoms with Gasteiger partial charge in [0.1, 0.15) is 12.3 Å². The zero-order valence-corrected chi connectivity index (χ0v) is 14.1. The molecule has 1 atom stereocenters. The molecular weight excluding hydrogens is 366 g/mol. The number of esters is 1. The highest BCUT2D eigenvalue weighted by atomic mass is 19.3. The summed E-state index contributed by atoms with van der Waals surface area (Å²) >= 11 is 0. The minimum Gasteiger partial charge on any atom is -0.459 e. The summed E-state index contributed by atoms with van der Waals surface area (Å²) in [5.41, 5.74) is -0.00294. The largest absolute Gasteiger partial charge is 0.459 e. The van der Waals surface area contributed by atoms with Gasteiger partial charge in [-0.1, -0.05) is 12.1 Å². The predicted molar refractivity (Wildman–Crippen MR) is 88.3 cm³/mol. The second-order valence-electron chi connectivity index (χ2n) is 5.16. The fourth-order valence-electron chi connectivity index (χ4n) is 1.94. The molecule has 2 rings (SSSR count). The molecule has 1 unspecified atom stereocenters. The van der Waals surface area contributed by atoms with Gasteiger partial charge >= 0.3 is 12.6 Å². The van der Waals surface area contributed by atoms with Gasteiger partial charge in [0.2, 0.25) is 0 Å². The van der Waals surface area contributed by atoms with Gasteiger partial charge in [-0.15, -0.1) is 0 Å². The SMILES string of the molecule is CC(OC(=O)CNC(=O)c1ccco1)C(=O)Nc1ccccc1OC(F)F. The Balaban J connectivity index is 1.84. The Labute approximate surface area is 152 Å². The van der Waals surface area contributed by atoms with Crippen LogP contribution >= 0.6 is 0 Å². The van der Waals surface area contributed by atoms with E-state index in [-0.39, 0.29) is 17.2 Å². The van der Waals surface area contributed by atoms with E-state index in [1.807, 2.05) is 0 Å². The number of amides is 2. The van der Waals surface area contributed by atoms with E-state index in [4.69, 9.17) is 9.15 Å². The lowest BCUT2D eigenvalue weighted by Gasteiger charge is -2.15. The van der Waals surface area contributed by atoms with Gasteiger partial charge in [-0.3, -0.25) is 14.4 Å². The molecule has 1 aromatic heterocycles. The van der Waals surface area contributed by atoms with E-state index < -0.39 is 37.0 Å². The second-order valence-corrected chi connectivity index (χ2v) is 5.16. The summed E-state index contributed by atoms with van der Waals surface area (Å²) < 4.78 is 38.8. The molecule has 0 bridgehead atoms. The molecule has 8 nitrogen and oxygen atoms in total. The summed E-state index contributed by atoms with van der Waals surface area (Å²) in [5, 5.41) is 4.60. The lowest BCUT2D eigenvalue weighted by molar-refractivity contribution is -0.152. The molecule has 0 aliphatic rings. The van der Waals surface area contributed by atoms with Crippen LogP contribution < -0.4 is 15.4 Å². The van der Waals surface area contributed by atoms with Crippen molar-refractivity contribution in [2.24, 2.45) is 0 Å². The van der Waals surface area contributed by atoms with Crippen LogP contribution in [0.5, 0.6) is 5.75 Å². The maximum absolute atomic E-state index is 12.4. The molecule has 0 fully saturated rings. The quantitative estimate of drug-likeness (QED) is 0.678.